The molecule has 0 bridgehead atoms. The van der Waals surface area contributed by atoms with E-state index < -0.39 is 12.1 Å². The van der Waals surface area contributed by atoms with Crippen molar-refractivity contribution >= 4 is 11.9 Å². The molecule has 284 valence electrons. The van der Waals surface area contributed by atoms with Crippen molar-refractivity contribution < 1.29 is 36.0 Å². The zero-order chi connectivity index (χ0) is 34.7. The minimum Gasteiger partial charge on any atom is -1.00 e. The van der Waals surface area contributed by atoms with Gasteiger partial charge in [-0.25, -0.2) is 4.79 Å². The van der Waals surface area contributed by atoms with Crippen LogP contribution >= 0.6 is 0 Å². The predicted molar refractivity (Wildman–Crippen MR) is 203 cm³/mol. The molecule has 0 saturated carbocycles. The van der Waals surface area contributed by atoms with Crippen LogP contribution < -0.4 is 12.4 Å². The molecule has 0 amide bonds. The summed E-state index contributed by atoms with van der Waals surface area (Å²) in [5, 5.41) is 0. The highest BCUT2D eigenvalue weighted by molar-refractivity contribution is 5.79. The van der Waals surface area contributed by atoms with Crippen LogP contribution in [0.25, 0.3) is 0 Å². The van der Waals surface area contributed by atoms with Crippen LogP contribution in [-0.2, 0) is 19.1 Å². The molecule has 0 radical (unpaired) electrons. The summed E-state index contributed by atoms with van der Waals surface area (Å²) < 4.78 is 11.7. The van der Waals surface area contributed by atoms with Crippen LogP contribution in [0.2, 0.25) is 0 Å². The quantitative estimate of drug-likeness (QED) is 0.0287. The highest BCUT2D eigenvalue weighted by Crippen LogP contribution is 2.13. The number of hydrogen-bond donors (Lipinski definition) is 0. The van der Waals surface area contributed by atoms with Gasteiger partial charge in [-0.3, -0.25) is 4.79 Å². The van der Waals surface area contributed by atoms with E-state index in [0.717, 1.165) is 38.5 Å². The first-order valence-electron chi connectivity index (χ1n) is 20.3. The van der Waals surface area contributed by atoms with E-state index in [9.17, 15) is 9.59 Å². The number of hydrogen-bond acceptors (Lipinski definition) is 4. The third-order valence-electron chi connectivity index (χ3n) is 8.79. The molecular weight excluding hydrogens is 618 g/mol. The lowest BCUT2D eigenvalue weighted by atomic mass is 10.1. The second-order valence-corrected chi connectivity index (χ2v) is 14.9. The summed E-state index contributed by atoms with van der Waals surface area (Å²) in [7, 11) is 6.01. The highest BCUT2D eigenvalue weighted by Gasteiger charge is 2.30. The SMILES string of the molecule is CCCCCCCC/C=C\CCCCCCCCOC(=O)[C@H](C[N+](C)(C)C)OC(=O)CCCCCCC/C=C\CCCCCCCC.[Cl-]. The molecule has 0 unspecified atom stereocenters. The number of unbranched alkanes of at least 4 members (excludes halogenated alkanes) is 23. The fourth-order valence-corrected chi connectivity index (χ4v) is 5.83. The topological polar surface area (TPSA) is 52.6 Å². The molecule has 48 heavy (non-hydrogen) atoms. The Labute approximate surface area is 305 Å². The molecule has 0 heterocycles. The van der Waals surface area contributed by atoms with E-state index >= 15 is 0 Å². The van der Waals surface area contributed by atoms with Crippen molar-refractivity contribution in [3.8, 4) is 0 Å². The summed E-state index contributed by atoms with van der Waals surface area (Å²) >= 11 is 0. The molecule has 0 saturated heterocycles. The molecule has 6 heteroatoms. The molecular formula is C42H80ClNO4. The van der Waals surface area contributed by atoms with Crippen molar-refractivity contribution in [3.63, 3.8) is 0 Å². The van der Waals surface area contributed by atoms with Crippen LogP contribution in [0.5, 0.6) is 0 Å². The van der Waals surface area contributed by atoms with Gasteiger partial charge in [0, 0.05) is 6.42 Å². The van der Waals surface area contributed by atoms with Gasteiger partial charge in [0.25, 0.3) is 0 Å². The van der Waals surface area contributed by atoms with Crippen molar-refractivity contribution in [2.75, 3.05) is 34.3 Å². The third-order valence-corrected chi connectivity index (χ3v) is 8.79. The Kier molecular flexibility index (Phi) is 37.5. The third kappa shape index (κ3) is 37.5. The average molecular weight is 699 g/mol. The number of nitrogens with zero attached hydrogens (tertiary/aromatic N) is 1. The zero-order valence-corrected chi connectivity index (χ0v) is 33.3. The monoisotopic (exact) mass is 698 g/mol. The Morgan fingerprint density at radius 2 is 0.875 bits per heavy atom. The first-order chi connectivity index (χ1) is 22.8. The lowest BCUT2D eigenvalue weighted by molar-refractivity contribution is -0.872. The summed E-state index contributed by atoms with van der Waals surface area (Å²) in [5.41, 5.74) is 0. The number of allylic oxidation sites excluding steroid dienone is 4. The van der Waals surface area contributed by atoms with E-state index in [-0.39, 0.29) is 18.4 Å². The smallest absolute Gasteiger partial charge is 0.353 e. The maximum atomic E-state index is 12.8. The maximum Gasteiger partial charge on any atom is 0.353 e. The lowest BCUT2D eigenvalue weighted by Gasteiger charge is -2.28. The molecule has 0 aromatic rings. The van der Waals surface area contributed by atoms with Crippen molar-refractivity contribution in [1.82, 2.24) is 0 Å². The van der Waals surface area contributed by atoms with E-state index in [1.54, 1.807) is 0 Å². The molecule has 0 rings (SSSR count). The Morgan fingerprint density at radius 1 is 0.521 bits per heavy atom. The molecule has 0 aromatic heterocycles. The van der Waals surface area contributed by atoms with Crippen LogP contribution in [0.4, 0.5) is 0 Å². The first-order valence-corrected chi connectivity index (χ1v) is 20.3. The molecule has 0 aliphatic rings. The number of ether oxygens (including phenoxy) is 2. The van der Waals surface area contributed by atoms with Crippen molar-refractivity contribution in [1.29, 1.82) is 0 Å². The van der Waals surface area contributed by atoms with Gasteiger partial charge in [-0.15, -0.1) is 0 Å². The highest BCUT2D eigenvalue weighted by atomic mass is 35.5. The van der Waals surface area contributed by atoms with Gasteiger partial charge >= 0.3 is 11.9 Å². The molecule has 0 aliphatic heterocycles. The van der Waals surface area contributed by atoms with E-state index in [0.29, 0.717) is 24.1 Å². The molecule has 0 aromatic carbocycles. The Bertz CT molecular complexity index is 761. The van der Waals surface area contributed by atoms with E-state index in [1.165, 1.54) is 135 Å². The van der Waals surface area contributed by atoms with E-state index in [4.69, 9.17) is 9.47 Å². The van der Waals surface area contributed by atoms with Gasteiger partial charge in [-0.1, -0.05) is 147 Å². The molecule has 5 nitrogen and oxygen atoms in total. The number of likely N-dealkylation sites (N-methyl/N-ethyl adjacent to an activating group) is 1. The molecule has 1 atom stereocenters. The lowest BCUT2D eigenvalue weighted by Crippen LogP contribution is -3.00. The Balaban J connectivity index is 0. The first kappa shape index (κ1) is 48.8. The summed E-state index contributed by atoms with van der Waals surface area (Å²) in [4.78, 5) is 25.4. The maximum absolute atomic E-state index is 12.8. The largest absolute Gasteiger partial charge is 1.00 e. The summed E-state index contributed by atoms with van der Waals surface area (Å²) in [6.45, 7) is 5.36. The van der Waals surface area contributed by atoms with Gasteiger partial charge in [-0.05, 0) is 64.2 Å². The predicted octanol–water partition coefficient (Wildman–Crippen LogP) is 9.23. The van der Waals surface area contributed by atoms with E-state index in [2.05, 4.69) is 38.2 Å². The number of halogens is 1. The standard InChI is InChI=1S/C42H80NO4.ClH/c1-6-8-10-12-14-16-18-20-22-24-26-28-30-32-34-36-38-46-42(45)40(39-43(3,4)5)47-41(44)37-35-33-31-29-27-25-23-21-19-17-15-13-11-9-7-2;/h20-23,40H,6-19,24-39H2,1-5H3;1H/q+1;/p-1/b22-20-,23-21-;/t40-;/m0./s1. The van der Waals surface area contributed by atoms with Crippen molar-refractivity contribution in [3.05, 3.63) is 24.3 Å². The second-order valence-electron chi connectivity index (χ2n) is 14.9. The number of esters is 2. The number of carbonyl (C=O) groups is 2. The van der Waals surface area contributed by atoms with Crippen LogP contribution in [0.15, 0.2) is 24.3 Å². The summed E-state index contributed by atoms with van der Waals surface area (Å²) in [6.07, 6.45) is 42.4. The van der Waals surface area contributed by atoms with Crippen LogP contribution in [-0.4, -0.2) is 56.8 Å². The number of quaternary nitrogens is 1. The number of carbonyl (C=O) groups excluding carboxylic acids is 2. The van der Waals surface area contributed by atoms with Gasteiger partial charge in [0.15, 0.2) is 0 Å². The second kappa shape index (κ2) is 36.9. The molecule has 0 N–H and O–H groups in total. The normalized spacial score (nSPS) is 12.4. The summed E-state index contributed by atoms with van der Waals surface area (Å²) in [5.74, 6) is -0.682. The number of rotatable bonds is 35. The Morgan fingerprint density at radius 3 is 1.27 bits per heavy atom. The van der Waals surface area contributed by atoms with Crippen LogP contribution in [0.1, 0.15) is 194 Å². The van der Waals surface area contributed by atoms with Gasteiger partial charge in [-0.2, -0.15) is 0 Å². The Hall–Kier alpha value is -1.33. The van der Waals surface area contributed by atoms with Gasteiger partial charge < -0.3 is 26.4 Å². The molecule has 0 fully saturated rings. The fourth-order valence-electron chi connectivity index (χ4n) is 5.83. The minimum atomic E-state index is -0.834. The van der Waals surface area contributed by atoms with Crippen molar-refractivity contribution in [2.24, 2.45) is 0 Å². The van der Waals surface area contributed by atoms with Crippen molar-refractivity contribution in [2.45, 2.75) is 200 Å². The minimum absolute atomic E-state index is 0. The molecule has 0 aliphatic carbocycles. The zero-order valence-electron chi connectivity index (χ0n) is 32.6. The summed E-state index contributed by atoms with van der Waals surface area (Å²) in [6, 6.07) is 0. The van der Waals surface area contributed by atoms with Gasteiger partial charge in [0.1, 0.15) is 6.54 Å². The average Bonchev–Trinajstić information content (AvgIpc) is 3.03. The fraction of sp³-hybridized carbons (Fsp3) is 0.857. The van der Waals surface area contributed by atoms with Crippen LogP contribution in [0.3, 0.4) is 0 Å². The van der Waals surface area contributed by atoms with Gasteiger partial charge in [0.2, 0.25) is 6.10 Å². The van der Waals surface area contributed by atoms with Crippen LogP contribution in [0, 0.1) is 0 Å². The molecule has 0 spiro atoms. The van der Waals surface area contributed by atoms with Gasteiger partial charge in [0.05, 0.1) is 27.7 Å². The van der Waals surface area contributed by atoms with E-state index in [1.807, 2.05) is 21.1 Å².